The van der Waals surface area contributed by atoms with E-state index < -0.39 is 11.7 Å². The molecule has 1 saturated heterocycles. The predicted molar refractivity (Wildman–Crippen MR) is 72.3 cm³/mol. The topological polar surface area (TPSA) is 41.9 Å². The number of benzene rings is 1. The number of nitrogens with zero attached hydrogens (tertiary/aromatic N) is 1. The third-order valence-electron chi connectivity index (χ3n) is 4.06. The monoisotopic (exact) mass is 263 g/mol. The van der Waals surface area contributed by atoms with E-state index in [2.05, 4.69) is 4.90 Å². The maximum Gasteiger partial charge on any atom is 0.131 e. The molecule has 2 atom stereocenters. The Bertz CT molecular complexity index is 454. The first-order valence-corrected chi connectivity index (χ1v) is 6.87. The summed E-state index contributed by atoms with van der Waals surface area (Å²) in [5.74, 6) is 0.884. The average Bonchev–Trinajstić information content (AvgIpc) is 2.41. The van der Waals surface area contributed by atoms with Crippen LogP contribution < -0.4 is 4.74 Å². The molecule has 2 aliphatic rings. The Morgan fingerprint density at radius 2 is 1.89 bits per heavy atom. The Morgan fingerprint density at radius 1 is 1.21 bits per heavy atom. The number of aliphatic hydroxyl groups excluding tert-OH is 1. The summed E-state index contributed by atoms with van der Waals surface area (Å²) in [4.78, 5) is 2.30. The van der Waals surface area contributed by atoms with E-state index in [4.69, 9.17) is 9.47 Å². The van der Waals surface area contributed by atoms with Crippen molar-refractivity contribution in [1.82, 2.24) is 4.90 Å². The van der Waals surface area contributed by atoms with Crippen molar-refractivity contribution in [3.63, 3.8) is 0 Å². The Kier molecular flexibility index (Phi) is 3.25. The number of para-hydroxylation sites is 1. The molecular formula is C15H21NO3. The van der Waals surface area contributed by atoms with Crippen LogP contribution in [0, 0.1) is 0 Å². The zero-order chi connectivity index (χ0) is 13.5. The van der Waals surface area contributed by atoms with E-state index in [1.54, 1.807) is 0 Å². The van der Waals surface area contributed by atoms with Gasteiger partial charge in [-0.25, -0.2) is 0 Å². The Labute approximate surface area is 113 Å². The van der Waals surface area contributed by atoms with Gasteiger partial charge in [-0.15, -0.1) is 0 Å². The lowest BCUT2D eigenvalue weighted by Gasteiger charge is -2.47. The molecule has 0 aromatic heterocycles. The second kappa shape index (κ2) is 4.78. The molecule has 104 valence electrons. The molecule has 2 heterocycles. The molecule has 19 heavy (non-hydrogen) atoms. The summed E-state index contributed by atoms with van der Waals surface area (Å²) in [6.45, 7) is 7.06. The van der Waals surface area contributed by atoms with Crippen molar-refractivity contribution in [2.75, 3.05) is 26.3 Å². The van der Waals surface area contributed by atoms with Gasteiger partial charge in [-0.05, 0) is 19.9 Å². The zero-order valence-corrected chi connectivity index (χ0v) is 11.5. The molecule has 0 unspecified atom stereocenters. The second-order valence-electron chi connectivity index (χ2n) is 5.78. The summed E-state index contributed by atoms with van der Waals surface area (Å²) in [6, 6.07) is 8.00. The van der Waals surface area contributed by atoms with Gasteiger partial charge in [0.05, 0.1) is 19.3 Å². The van der Waals surface area contributed by atoms with Crippen LogP contribution in [0.15, 0.2) is 24.3 Å². The third-order valence-corrected chi connectivity index (χ3v) is 4.06. The molecule has 0 amide bonds. The van der Waals surface area contributed by atoms with Crippen molar-refractivity contribution in [3.05, 3.63) is 29.8 Å². The van der Waals surface area contributed by atoms with Crippen LogP contribution in [-0.4, -0.2) is 48.0 Å². The number of fused-ring (bicyclic) bond motifs is 1. The number of aliphatic hydroxyl groups is 1. The number of ether oxygens (including phenoxy) is 2. The van der Waals surface area contributed by atoms with E-state index >= 15 is 0 Å². The highest BCUT2D eigenvalue weighted by molar-refractivity contribution is 5.40. The highest BCUT2D eigenvalue weighted by Gasteiger charge is 2.45. The van der Waals surface area contributed by atoms with E-state index in [1.807, 2.05) is 38.1 Å². The van der Waals surface area contributed by atoms with Gasteiger partial charge in [-0.2, -0.15) is 0 Å². The fourth-order valence-corrected chi connectivity index (χ4v) is 2.96. The molecule has 2 aliphatic heterocycles. The Balaban J connectivity index is 2.00. The summed E-state index contributed by atoms with van der Waals surface area (Å²) in [5, 5.41) is 10.7. The van der Waals surface area contributed by atoms with E-state index in [-0.39, 0.29) is 6.04 Å². The predicted octanol–water partition coefficient (Wildman–Crippen LogP) is 1.59. The van der Waals surface area contributed by atoms with E-state index in [0.29, 0.717) is 0 Å². The first kappa shape index (κ1) is 12.9. The van der Waals surface area contributed by atoms with Gasteiger partial charge in [0.25, 0.3) is 0 Å². The van der Waals surface area contributed by atoms with Crippen LogP contribution in [0.1, 0.15) is 25.5 Å². The number of hydrogen-bond donors (Lipinski definition) is 1. The summed E-state index contributed by atoms with van der Waals surface area (Å²) in [6.07, 6.45) is -0.541. The van der Waals surface area contributed by atoms with Crippen LogP contribution in [-0.2, 0) is 4.74 Å². The molecule has 0 radical (unpaired) electrons. The minimum Gasteiger partial charge on any atom is -0.485 e. The molecule has 4 nitrogen and oxygen atoms in total. The second-order valence-corrected chi connectivity index (χ2v) is 5.78. The van der Waals surface area contributed by atoms with Gasteiger partial charge in [0.2, 0.25) is 0 Å². The van der Waals surface area contributed by atoms with Crippen molar-refractivity contribution in [2.24, 2.45) is 0 Å². The number of rotatable bonds is 1. The van der Waals surface area contributed by atoms with Crippen molar-refractivity contribution in [1.29, 1.82) is 0 Å². The molecule has 1 aromatic rings. The van der Waals surface area contributed by atoms with Crippen molar-refractivity contribution in [2.45, 2.75) is 31.6 Å². The highest BCUT2D eigenvalue weighted by atomic mass is 16.5. The molecular weight excluding hydrogens is 242 g/mol. The molecule has 0 aliphatic carbocycles. The normalized spacial score (nSPS) is 30.5. The molecule has 0 bridgehead atoms. The summed E-state index contributed by atoms with van der Waals surface area (Å²) in [5.41, 5.74) is 0.508. The van der Waals surface area contributed by atoms with Crippen LogP contribution in [0.2, 0.25) is 0 Å². The maximum absolute atomic E-state index is 10.7. The summed E-state index contributed by atoms with van der Waals surface area (Å²) >= 11 is 0. The Morgan fingerprint density at radius 3 is 2.63 bits per heavy atom. The van der Waals surface area contributed by atoms with Gasteiger partial charge in [-0.1, -0.05) is 18.2 Å². The molecule has 4 heteroatoms. The van der Waals surface area contributed by atoms with Crippen LogP contribution in [0.25, 0.3) is 0 Å². The minimum absolute atomic E-state index is 0.0103. The molecule has 0 spiro atoms. The summed E-state index contributed by atoms with van der Waals surface area (Å²) in [7, 11) is 0. The number of morpholine rings is 1. The lowest BCUT2D eigenvalue weighted by molar-refractivity contribution is -0.108. The third kappa shape index (κ3) is 2.24. The molecule has 1 N–H and O–H groups in total. The minimum atomic E-state index is -0.572. The van der Waals surface area contributed by atoms with Crippen LogP contribution in [0.5, 0.6) is 5.75 Å². The smallest absolute Gasteiger partial charge is 0.131 e. The lowest BCUT2D eigenvalue weighted by atomic mass is 9.85. The van der Waals surface area contributed by atoms with Crippen molar-refractivity contribution < 1.29 is 14.6 Å². The fraction of sp³-hybridized carbons (Fsp3) is 0.600. The molecule has 1 fully saturated rings. The van der Waals surface area contributed by atoms with Gasteiger partial charge >= 0.3 is 0 Å². The van der Waals surface area contributed by atoms with E-state index in [1.165, 1.54) is 0 Å². The zero-order valence-electron chi connectivity index (χ0n) is 11.5. The van der Waals surface area contributed by atoms with Crippen LogP contribution in [0.3, 0.4) is 0 Å². The molecule has 1 aromatic carbocycles. The maximum atomic E-state index is 10.7. The Hall–Kier alpha value is -1.10. The van der Waals surface area contributed by atoms with E-state index in [0.717, 1.165) is 37.6 Å². The van der Waals surface area contributed by atoms with Gasteiger partial charge in [0.1, 0.15) is 17.5 Å². The first-order valence-electron chi connectivity index (χ1n) is 6.87. The van der Waals surface area contributed by atoms with Gasteiger partial charge < -0.3 is 14.6 Å². The van der Waals surface area contributed by atoms with Gasteiger partial charge in [0, 0.05) is 18.7 Å². The van der Waals surface area contributed by atoms with E-state index in [9.17, 15) is 5.11 Å². The largest absolute Gasteiger partial charge is 0.485 e. The van der Waals surface area contributed by atoms with Gasteiger partial charge in [-0.3, -0.25) is 4.90 Å². The van der Waals surface area contributed by atoms with Crippen molar-refractivity contribution >= 4 is 0 Å². The number of hydrogen-bond acceptors (Lipinski definition) is 4. The molecule has 0 saturated carbocycles. The van der Waals surface area contributed by atoms with Crippen molar-refractivity contribution in [3.8, 4) is 5.75 Å². The lowest BCUT2D eigenvalue weighted by Crippen LogP contribution is -2.55. The SMILES string of the molecule is CC1(C)Oc2ccccc2[C@H](N2CCOCC2)[C@H]1O. The van der Waals surface area contributed by atoms with Crippen LogP contribution >= 0.6 is 0 Å². The fourth-order valence-electron chi connectivity index (χ4n) is 2.96. The average molecular weight is 263 g/mol. The quantitative estimate of drug-likeness (QED) is 0.835. The highest BCUT2D eigenvalue weighted by Crippen LogP contribution is 2.42. The van der Waals surface area contributed by atoms with Crippen LogP contribution in [0.4, 0.5) is 0 Å². The molecule has 3 rings (SSSR count). The first-order chi connectivity index (χ1) is 9.09. The van der Waals surface area contributed by atoms with Gasteiger partial charge in [0.15, 0.2) is 0 Å². The standard InChI is InChI=1S/C15H21NO3/c1-15(2)14(17)13(16-7-9-18-10-8-16)11-5-3-4-6-12(11)19-15/h3-6,13-14,17H,7-10H2,1-2H3/t13-,14+/m0/s1. The summed E-state index contributed by atoms with van der Waals surface area (Å²) < 4.78 is 11.4.